The first-order chi connectivity index (χ1) is 6.63. The van der Waals surface area contributed by atoms with Crippen molar-refractivity contribution in [1.82, 2.24) is 0 Å². The number of carbonyl (C=O) groups excluding carboxylic acids is 1. The fourth-order valence-electron chi connectivity index (χ4n) is 0.909. The summed E-state index contributed by atoms with van der Waals surface area (Å²) < 4.78 is 5.20. The van der Waals surface area contributed by atoms with Crippen molar-refractivity contribution in [2.75, 3.05) is 12.5 Å². The van der Waals surface area contributed by atoms with Gasteiger partial charge in [-0.25, -0.2) is 0 Å². The minimum Gasteiger partial charge on any atom is -0.486 e. The van der Waals surface area contributed by atoms with Crippen LogP contribution in [0.25, 0.3) is 0 Å². The number of benzene rings is 1. The van der Waals surface area contributed by atoms with Crippen LogP contribution < -0.4 is 4.74 Å². The molecule has 0 amide bonds. The Morgan fingerprint density at radius 1 is 1.50 bits per heavy atom. The highest BCUT2D eigenvalue weighted by Gasteiger charge is 2.02. The first-order valence-electron chi connectivity index (χ1n) is 4.10. The lowest BCUT2D eigenvalue weighted by molar-refractivity contribution is -0.118. The number of alkyl halides is 1. The van der Waals surface area contributed by atoms with Gasteiger partial charge in [-0.1, -0.05) is 11.6 Å². The third-order valence-electron chi connectivity index (χ3n) is 1.68. The van der Waals surface area contributed by atoms with Gasteiger partial charge in [-0.05, 0) is 30.7 Å². The van der Waals surface area contributed by atoms with Gasteiger partial charge in [-0.2, -0.15) is 0 Å². The smallest absolute Gasteiger partial charge is 0.184 e. The Kier molecular flexibility index (Phi) is 4.23. The van der Waals surface area contributed by atoms with Gasteiger partial charge in [0.2, 0.25) is 0 Å². The standard InChI is InChI=1S/C10H10Cl2O2/c1-7-4-9(2-3-10(7)12)14-6-8(13)5-11/h2-4H,5-6H2,1H3. The van der Waals surface area contributed by atoms with E-state index in [2.05, 4.69) is 0 Å². The molecule has 0 bridgehead atoms. The van der Waals surface area contributed by atoms with Crippen molar-refractivity contribution in [2.24, 2.45) is 0 Å². The second-order valence-corrected chi connectivity index (χ2v) is 3.55. The van der Waals surface area contributed by atoms with E-state index in [4.69, 9.17) is 27.9 Å². The summed E-state index contributed by atoms with van der Waals surface area (Å²) >= 11 is 11.2. The van der Waals surface area contributed by atoms with Gasteiger partial charge < -0.3 is 4.74 Å². The molecular weight excluding hydrogens is 223 g/mol. The largest absolute Gasteiger partial charge is 0.486 e. The fraction of sp³-hybridized carbons (Fsp3) is 0.300. The molecule has 0 N–H and O–H groups in total. The molecule has 4 heteroatoms. The summed E-state index contributed by atoms with van der Waals surface area (Å²) in [4.78, 5) is 10.9. The van der Waals surface area contributed by atoms with E-state index in [1.165, 1.54) is 0 Å². The van der Waals surface area contributed by atoms with Crippen LogP contribution in [0.5, 0.6) is 5.75 Å². The molecule has 0 fully saturated rings. The molecule has 1 rings (SSSR count). The highest BCUT2D eigenvalue weighted by Crippen LogP contribution is 2.20. The van der Waals surface area contributed by atoms with Gasteiger partial charge in [-0.15, -0.1) is 11.6 Å². The molecule has 76 valence electrons. The van der Waals surface area contributed by atoms with Crippen LogP contribution in [0.15, 0.2) is 18.2 Å². The third kappa shape index (κ3) is 3.20. The van der Waals surface area contributed by atoms with Gasteiger partial charge in [0.05, 0.1) is 5.88 Å². The van der Waals surface area contributed by atoms with E-state index in [0.717, 1.165) is 5.56 Å². The molecule has 0 saturated heterocycles. The lowest BCUT2D eigenvalue weighted by Gasteiger charge is -2.05. The van der Waals surface area contributed by atoms with Crippen molar-refractivity contribution in [2.45, 2.75) is 6.92 Å². The predicted molar refractivity (Wildman–Crippen MR) is 57.4 cm³/mol. The normalized spacial score (nSPS) is 9.93. The molecule has 1 aromatic carbocycles. The minimum absolute atomic E-state index is 0.00454. The number of halogens is 2. The van der Waals surface area contributed by atoms with Crippen molar-refractivity contribution >= 4 is 29.0 Å². The van der Waals surface area contributed by atoms with Crippen molar-refractivity contribution < 1.29 is 9.53 Å². The number of ether oxygens (including phenoxy) is 1. The topological polar surface area (TPSA) is 26.3 Å². The first kappa shape index (κ1) is 11.3. The average molecular weight is 233 g/mol. The monoisotopic (exact) mass is 232 g/mol. The molecule has 14 heavy (non-hydrogen) atoms. The lowest BCUT2D eigenvalue weighted by atomic mass is 10.2. The summed E-state index contributed by atoms with van der Waals surface area (Å²) in [5.41, 5.74) is 0.919. The second-order valence-electron chi connectivity index (χ2n) is 2.87. The molecule has 0 aliphatic rings. The molecule has 2 nitrogen and oxygen atoms in total. The Bertz CT molecular complexity index is 337. The van der Waals surface area contributed by atoms with Crippen molar-refractivity contribution in [3.05, 3.63) is 28.8 Å². The Labute approximate surface area is 92.8 Å². The number of rotatable bonds is 4. The summed E-state index contributed by atoms with van der Waals surface area (Å²) in [5.74, 6) is 0.469. The van der Waals surface area contributed by atoms with Crippen LogP contribution in [0.4, 0.5) is 0 Å². The van der Waals surface area contributed by atoms with Gasteiger partial charge in [0.1, 0.15) is 12.4 Å². The summed E-state index contributed by atoms with van der Waals surface area (Å²) in [5, 5.41) is 0.681. The summed E-state index contributed by atoms with van der Waals surface area (Å²) in [7, 11) is 0. The zero-order valence-corrected chi connectivity index (χ0v) is 9.23. The highest BCUT2D eigenvalue weighted by atomic mass is 35.5. The zero-order chi connectivity index (χ0) is 10.6. The predicted octanol–water partition coefficient (Wildman–Crippen LogP) is 2.84. The van der Waals surface area contributed by atoms with Crippen molar-refractivity contribution in [3.8, 4) is 5.75 Å². The van der Waals surface area contributed by atoms with Crippen LogP contribution in [-0.4, -0.2) is 18.3 Å². The molecule has 0 aliphatic carbocycles. The zero-order valence-electron chi connectivity index (χ0n) is 7.72. The molecular formula is C10H10Cl2O2. The van der Waals surface area contributed by atoms with Gasteiger partial charge >= 0.3 is 0 Å². The van der Waals surface area contributed by atoms with E-state index in [9.17, 15) is 4.79 Å². The Hall–Kier alpha value is -0.730. The van der Waals surface area contributed by atoms with Gasteiger partial charge in [-0.3, -0.25) is 4.79 Å². The number of hydrogen-bond acceptors (Lipinski definition) is 2. The Balaban J connectivity index is 2.60. The van der Waals surface area contributed by atoms with E-state index in [-0.39, 0.29) is 18.3 Å². The average Bonchev–Trinajstić information content (AvgIpc) is 2.19. The van der Waals surface area contributed by atoms with Crippen LogP contribution in [0.3, 0.4) is 0 Å². The molecule has 1 aromatic rings. The molecule has 0 unspecified atom stereocenters. The van der Waals surface area contributed by atoms with E-state index in [1.54, 1.807) is 18.2 Å². The summed E-state index contributed by atoms with van der Waals surface area (Å²) in [6, 6.07) is 5.23. The maximum absolute atomic E-state index is 10.9. The van der Waals surface area contributed by atoms with E-state index in [0.29, 0.717) is 10.8 Å². The molecule has 0 heterocycles. The second kappa shape index (κ2) is 5.23. The fourth-order valence-corrected chi connectivity index (χ4v) is 1.10. The molecule has 0 saturated carbocycles. The van der Waals surface area contributed by atoms with Gasteiger partial charge in [0.15, 0.2) is 5.78 Å². The van der Waals surface area contributed by atoms with E-state index < -0.39 is 0 Å². The summed E-state index contributed by atoms with van der Waals surface area (Å²) in [6.07, 6.45) is 0. The number of carbonyl (C=O) groups is 1. The van der Waals surface area contributed by atoms with Gasteiger partial charge in [0, 0.05) is 5.02 Å². The molecule has 0 spiro atoms. The third-order valence-corrected chi connectivity index (χ3v) is 2.40. The minimum atomic E-state index is -0.140. The number of aryl methyl sites for hydroxylation is 1. The van der Waals surface area contributed by atoms with E-state index >= 15 is 0 Å². The van der Waals surface area contributed by atoms with Crippen LogP contribution >= 0.6 is 23.2 Å². The first-order valence-corrected chi connectivity index (χ1v) is 5.01. The van der Waals surface area contributed by atoms with Crippen molar-refractivity contribution in [3.63, 3.8) is 0 Å². The van der Waals surface area contributed by atoms with Crippen LogP contribution in [0.2, 0.25) is 5.02 Å². The maximum atomic E-state index is 10.9. The number of Topliss-reactive ketones (excluding diaryl/α,β-unsaturated/α-hetero) is 1. The highest BCUT2D eigenvalue weighted by molar-refractivity contribution is 6.31. The quantitative estimate of drug-likeness (QED) is 0.747. The van der Waals surface area contributed by atoms with Crippen LogP contribution in [0, 0.1) is 6.92 Å². The number of hydrogen-bond donors (Lipinski definition) is 0. The van der Waals surface area contributed by atoms with E-state index in [1.807, 2.05) is 6.92 Å². The molecule has 0 radical (unpaired) electrons. The maximum Gasteiger partial charge on any atom is 0.184 e. The van der Waals surface area contributed by atoms with Crippen molar-refractivity contribution in [1.29, 1.82) is 0 Å². The summed E-state index contributed by atoms with van der Waals surface area (Å²) in [6.45, 7) is 1.88. The Morgan fingerprint density at radius 2 is 2.21 bits per heavy atom. The van der Waals surface area contributed by atoms with Crippen LogP contribution in [0.1, 0.15) is 5.56 Å². The van der Waals surface area contributed by atoms with Crippen LogP contribution in [-0.2, 0) is 4.79 Å². The molecule has 0 atom stereocenters. The lowest BCUT2D eigenvalue weighted by Crippen LogP contribution is -2.12. The van der Waals surface area contributed by atoms with Gasteiger partial charge in [0.25, 0.3) is 0 Å². The molecule has 0 aromatic heterocycles. The Morgan fingerprint density at radius 3 is 2.79 bits per heavy atom. The number of ketones is 1. The SMILES string of the molecule is Cc1cc(OCC(=O)CCl)ccc1Cl. The molecule has 0 aliphatic heterocycles.